The van der Waals surface area contributed by atoms with Crippen LogP contribution in [0, 0.1) is 0 Å². The molecular weight excluding hydrogens is 126 g/mol. The van der Waals surface area contributed by atoms with Gasteiger partial charge in [0.2, 0.25) is 0 Å². The molecule has 0 amide bonds. The molecule has 56 valence electrons. The van der Waals surface area contributed by atoms with Crippen molar-refractivity contribution in [3.8, 4) is 0 Å². The highest BCUT2D eigenvalue weighted by Gasteiger charge is 1.97. The van der Waals surface area contributed by atoms with E-state index in [-0.39, 0.29) is 0 Å². The second-order valence-electron chi connectivity index (χ2n) is 2.30. The lowest BCUT2D eigenvalue weighted by Gasteiger charge is -1.99. The van der Waals surface area contributed by atoms with Gasteiger partial charge in [-0.25, -0.2) is 4.68 Å². The largest absolute Gasteiger partial charge is 0.249 e. The maximum atomic E-state index is 3.94. The zero-order valence-electron chi connectivity index (χ0n) is 6.54. The van der Waals surface area contributed by atoms with Gasteiger partial charge in [-0.3, -0.25) is 0 Å². The van der Waals surface area contributed by atoms with Crippen LogP contribution in [0.1, 0.15) is 26.0 Å². The Kier molecular flexibility index (Phi) is 2.42. The van der Waals surface area contributed by atoms with Crippen molar-refractivity contribution in [2.24, 2.45) is 0 Å². The van der Waals surface area contributed by atoms with E-state index in [9.17, 15) is 0 Å². The van der Waals surface area contributed by atoms with Crippen molar-refractivity contribution in [2.75, 3.05) is 0 Å². The Labute approximate surface area is 61.1 Å². The molecule has 0 saturated heterocycles. The third-order valence-electron chi connectivity index (χ3n) is 1.50. The van der Waals surface area contributed by atoms with Crippen LogP contribution < -0.4 is 0 Å². The predicted molar refractivity (Wildman–Crippen MR) is 39.7 cm³/mol. The van der Waals surface area contributed by atoms with Crippen molar-refractivity contribution in [1.29, 1.82) is 0 Å². The summed E-state index contributed by atoms with van der Waals surface area (Å²) in [7, 11) is 0. The molecule has 1 rings (SSSR count). The van der Waals surface area contributed by atoms with Crippen LogP contribution in [0.5, 0.6) is 0 Å². The summed E-state index contributed by atoms with van der Waals surface area (Å²) in [5, 5.41) is 7.77. The summed E-state index contributed by atoms with van der Waals surface area (Å²) in [5.74, 6) is 0. The lowest BCUT2D eigenvalue weighted by molar-refractivity contribution is 0.558. The van der Waals surface area contributed by atoms with Crippen LogP contribution in [0.15, 0.2) is 6.20 Å². The zero-order chi connectivity index (χ0) is 7.40. The standard InChI is InChI=1S/C7H13N3/c1-3-5-10-7(4-2)6-8-9-10/h6H,3-5H2,1-2H3. The molecule has 0 spiro atoms. The minimum atomic E-state index is 0.989. The maximum absolute atomic E-state index is 3.94. The zero-order valence-corrected chi connectivity index (χ0v) is 6.54. The topological polar surface area (TPSA) is 30.7 Å². The van der Waals surface area contributed by atoms with E-state index in [1.807, 2.05) is 10.9 Å². The van der Waals surface area contributed by atoms with Gasteiger partial charge in [-0.1, -0.05) is 19.1 Å². The monoisotopic (exact) mass is 139 g/mol. The molecule has 10 heavy (non-hydrogen) atoms. The van der Waals surface area contributed by atoms with Gasteiger partial charge in [0.15, 0.2) is 0 Å². The molecule has 0 bridgehead atoms. The van der Waals surface area contributed by atoms with Gasteiger partial charge in [0.05, 0.1) is 11.9 Å². The van der Waals surface area contributed by atoms with Crippen LogP contribution >= 0.6 is 0 Å². The summed E-state index contributed by atoms with van der Waals surface area (Å²) in [5.41, 5.74) is 1.22. The Morgan fingerprint density at radius 3 is 2.90 bits per heavy atom. The van der Waals surface area contributed by atoms with E-state index in [1.165, 1.54) is 5.69 Å². The Bertz CT molecular complexity index is 192. The van der Waals surface area contributed by atoms with Crippen LogP contribution in [-0.4, -0.2) is 15.0 Å². The van der Waals surface area contributed by atoms with Crippen molar-refractivity contribution in [3.63, 3.8) is 0 Å². The molecule has 0 fully saturated rings. The molecule has 0 atom stereocenters. The fourth-order valence-electron chi connectivity index (χ4n) is 0.953. The van der Waals surface area contributed by atoms with E-state index in [0.717, 1.165) is 19.4 Å². The van der Waals surface area contributed by atoms with E-state index in [1.54, 1.807) is 0 Å². The molecule has 0 aliphatic heterocycles. The molecule has 3 heteroatoms. The quantitative estimate of drug-likeness (QED) is 0.631. The first-order valence-electron chi connectivity index (χ1n) is 3.75. The summed E-state index contributed by atoms with van der Waals surface area (Å²) in [6.07, 6.45) is 3.97. The molecule has 0 unspecified atom stereocenters. The van der Waals surface area contributed by atoms with Crippen molar-refractivity contribution in [3.05, 3.63) is 11.9 Å². The van der Waals surface area contributed by atoms with E-state index in [0.29, 0.717) is 0 Å². The first-order valence-corrected chi connectivity index (χ1v) is 3.75. The van der Waals surface area contributed by atoms with Gasteiger partial charge in [0.25, 0.3) is 0 Å². The van der Waals surface area contributed by atoms with Crippen LogP contribution in [0.4, 0.5) is 0 Å². The summed E-state index contributed by atoms with van der Waals surface area (Å²) >= 11 is 0. The molecule has 1 aromatic rings. The van der Waals surface area contributed by atoms with Gasteiger partial charge >= 0.3 is 0 Å². The number of aryl methyl sites for hydroxylation is 2. The molecule has 1 aromatic heterocycles. The Hall–Kier alpha value is -0.860. The number of aromatic nitrogens is 3. The fraction of sp³-hybridized carbons (Fsp3) is 0.714. The van der Waals surface area contributed by atoms with Gasteiger partial charge < -0.3 is 0 Å². The molecule has 0 N–H and O–H groups in total. The van der Waals surface area contributed by atoms with E-state index < -0.39 is 0 Å². The SMILES string of the molecule is CCCn1nncc1CC. The minimum absolute atomic E-state index is 0.989. The Morgan fingerprint density at radius 1 is 1.50 bits per heavy atom. The number of hydrogen-bond acceptors (Lipinski definition) is 2. The summed E-state index contributed by atoms with van der Waals surface area (Å²) in [4.78, 5) is 0. The molecule has 3 nitrogen and oxygen atoms in total. The van der Waals surface area contributed by atoms with E-state index >= 15 is 0 Å². The van der Waals surface area contributed by atoms with Crippen LogP contribution in [0.25, 0.3) is 0 Å². The van der Waals surface area contributed by atoms with E-state index in [2.05, 4.69) is 24.2 Å². The van der Waals surface area contributed by atoms with Gasteiger partial charge in [-0.15, -0.1) is 5.10 Å². The Balaban J connectivity index is 2.70. The Morgan fingerprint density at radius 2 is 2.30 bits per heavy atom. The first kappa shape index (κ1) is 7.25. The van der Waals surface area contributed by atoms with Crippen molar-refractivity contribution in [1.82, 2.24) is 15.0 Å². The molecule has 0 aliphatic rings. The van der Waals surface area contributed by atoms with Gasteiger partial charge in [0, 0.05) is 6.54 Å². The van der Waals surface area contributed by atoms with Crippen LogP contribution in [-0.2, 0) is 13.0 Å². The molecule has 0 aliphatic carbocycles. The normalized spacial score (nSPS) is 10.2. The number of hydrogen-bond donors (Lipinski definition) is 0. The summed E-state index contributed by atoms with van der Waals surface area (Å²) < 4.78 is 1.96. The highest BCUT2D eigenvalue weighted by molar-refractivity contribution is 4.92. The highest BCUT2D eigenvalue weighted by Crippen LogP contribution is 1.97. The lowest BCUT2D eigenvalue weighted by Crippen LogP contribution is -2.03. The number of rotatable bonds is 3. The van der Waals surface area contributed by atoms with E-state index in [4.69, 9.17) is 0 Å². The average molecular weight is 139 g/mol. The smallest absolute Gasteiger partial charge is 0.0725 e. The first-order chi connectivity index (χ1) is 4.88. The molecule has 0 saturated carbocycles. The second kappa shape index (κ2) is 3.34. The highest BCUT2D eigenvalue weighted by atomic mass is 15.4. The van der Waals surface area contributed by atoms with Crippen molar-refractivity contribution in [2.45, 2.75) is 33.2 Å². The second-order valence-corrected chi connectivity index (χ2v) is 2.30. The minimum Gasteiger partial charge on any atom is -0.249 e. The average Bonchev–Trinajstić information content (AvgIpc) is 2.36. The molecule has 1 heterocycles. The molecule has 0 radical (unpaired) electrons. The summed E-state index contributed by atoms with van der Waals surface area (Å²) in [6, 6.07) is 0. The van der Waals surface area contributed by atoms with Crippen LogP contribution in [0.2, 0.25) is 0 Å². The lowest BCUT2D eigenvalue weighted by atomic mass is 10.3. The third-order valence-corrected chi connectivity index (χ3v) is 1.50. The van der Waals surface area contributed by atoms with Crippen molar-refractivity contribution >= 4 is 0 Å². The maximum Gasteiger partial charge on any atom is 0.0725 e. The molecule has 0 aromatic carbocycles. The van der Waals surface area contributed by atoms with Gasteiger partial charge in [0.1, 0.15) is 0 Å². The van der Waals surface area contributed by atoms with Gasteiger partial charge in [-0.2, -0.15) is 0 Å². The fourth-order valence-corrected chi connectivity index (χ4v) is 0.953. The number of nitrogens with zero attached hydrogens (tertiary/aromatic N) is 3. The third kappa shape index (κ3) is 1.35. The predicted octanol–water partition coefficient (Wildman–Crippen LogP) is 1.25. The molecular formula is C7H13N3. The van der Waals surface area contributed by atoms with Crippen molar-refractivity contribution < 1.29 is 0 Å². The van der Waals surface area contributed by atoms with Gasteiger partial charge in [-0.05, 0) is 12.8 Å². The van der Waals surface area contributed by atoms with Crippen LogP contribution in [0.3, 0.4) is 0 Å². The summed E-state index contributed by atoms with van der Waals surface area (Å²) in [6.45, 7) is 5.25.